The molecule has 4 bridgehead atoms. The number of amides is 5. The number of hydrogen-bond donors (Lipinski definition) is 7. The van der Waals surface area contributed by atoms with E-state index in [1.807, 2.05) is 18.2 Å². The van der Waals surface area contributed by atoms with Crippen molar-refractivity contribution in [2.24, 2.45) is 17.2 Å². The number of nitrogens with two attached hydrogens (primary N) is 3. The summed E-state index contributed by atoms with van der Waals surface area (Å²) >= 11 is 0. The standard InChI is InChI=1S/C49H62N12O7/c1-29-42(30(2)56-44(55-29)33-9-12-35(13-10-33)61-22-6-5-7-23-61)47(64)58-38(16-17-50)49(66)60(4)43-34-11-15-41(68-25-20-53)37(28-34)36-26-32(8-14-40(36)67-24-19-52)27-39(46(63)54-21-18-51)59-45(62)31(3)57-48(43)65/h8-15,26,28,31,38-39,43H,5-7,16-17,19-25,27,50,52-53H2,1-4H3,(H,54,63)(H,57,65)(H,58,64)(H,59,62)/t31-,38?,39-,43-/m0/s1. The molecule has 360 valence electrons. The number of nitrogens with zero attached hydrogens (tertiary/aromatic N) is 5. The SMILES string of the molecule is Cc1nc(-c2ccc(N3CCCCC3)cc2)nc(C)c1C(=O)NC(CCN)C(=O)N(C)[C@@H]1C(=O)N[C@@H](C)C(=O)N[C@H](C(=O)NCC#N)Cc2ccc(OCCN)c(c2)-c2cc1ccc2OCCN. The number of benzene rings is 3. The van der Waals surface area contributed by atoms with Gasteiger partial charge in [-0.05, 0) is 113 Å². The Bertz CT molecular complexity index is 2480. The van der Waals surface area contributed by atoms with Crippen LogP contribution < -0.4 is 52.8 Å². The predicted octanol–water partition coefficient (Wildman–Crippen LogP) is 1.93. The quantitative estimate of drug-likeness (QED) is 0.0791. The number of anilines is 1. The zero-order valence-corrected chi connectivity index (χ0v) is 39.1. The Morgan fingerprint density at radius 1 is 0.868 bits per heavy atom. The van der Waals surface area contributed by atoms with Gasteiger partial charge in [-0.15, -0.1) is 0 Å². The average molecular weight is 931 g/mol. The molecule has 6 rings (SSSR count). The fourth-order valence-electron chi connectivity index (χ4n) is 8.51. The monoisotopic (exact) mass is 930 g/mol. The Kier molecular flexibility index (Phi) is 17.4. The molecule has 3 heterocycles. The van der Waals surface area contributed by atoms with E-state index < -0.39 is 53.7 Å². The molecular formula is C49H62N12O7. The van der Waals surface area contributed by atoms with E-state index in [2.05, 4.69) is 38.3 Å². The number of likely N-dealkylation sites (N-methyl/N-ethyl adjacent to an activating group) is 1. The molecule has 1 aromatic heterocycles. The maximum absolute atomic E-state index is 14.8. The number of nitriles is 1. The van der Waals surface area contributed by atoms with Crippen LogP contribution in [0.3, 0.4) is 0 Å². The van der Waals surface area contributed by atoms with Gasteiger partial charge in [-0.25, -0.2) is 9.97 Å². The highest BCUT2D eigenvalue weighted by Crippen LogP contribution is 2.40. The Labute approximate surface area is 396 Å². The van der Waals surface area contributed by atoms with Crippen molar-refractivity contribution < 1.29 is 33.4 Å². The molecule has 10 N–H and O–H groups in total. The molecule has 1 saturated heterocycles. The first-order chi connectivity index (χ1) is 32.8. The number of carbonyl (C=O) groups excluding carboxylic acids is 5. The van der Waals surface area contributed by atoms with E-state index in [1.54, 1.807) is 50.2 Å². The van der Waals surface area contributed by atoms with Gasteiger partial charge in [0.2, 0.25) is 23.6 Å². The second kappa shape index (κ2) is 23.5. The van der Waals surface area contributed by atoms with Crippen molar-refractivity contribution in [1.29, 1.82) is 5.26 Å². The summed E-state index contributed by atoms with van der Waals surface area (Å²) in [6.07, 6.45) is 3.57. The van der Waals surface area contributed by atoms with Crippen LogP contribution in [0.15, 0.2) is 60.7 Å². The molecule has 1 unspecified atom stereocenters. The third kappa shape index (κ3) is 12.1. The molecule has 68 heavy (non-hydrogen) atoms. The summed E-state index contributed by atoms with van der Waals surface area (Å²) < 4.78 is 12.2. The molecule has 4 atom stereocenters. The van der Waals surface area contributed by atoms with E-state index in [1.165, 1.54) is 25.3 Å². The molecule has 3 aromatic carbocycles. The smallest absolute Gasteiger partial charge is 0.255 e. The lowest BCUT2D eigenvalue weighted by molar-refractivity contribution is -0.141. The van der Waals surface area contributed by atoms with Crippen LogP contribution in [0, 0.1) is 25.2 Å². The van der Waals surface area contributed by atoms with Crippen LogP contribution in [-0.4, -0.2) is 122 Å². The van der Waals surface area contributed by atoms with Gasteiger partial charge < -0.3 is 57.7 Å². The van der Waals surface area contributed by atoms with Gasteiger partial charge >= 0.3 is 0 Å². The highest BCUT2D eigenvalue weighted by Gasteiger charge is 2.36. The number of ether oxygens (including phenoxy) is 2. The molecule has 5 amide bonds. The maximum Gasteiger partial charge on any atom is 0.255 e. The highest BCUT2D eigenvalue weighted by atomic mass is 16.5. The van der Waals surface area contributed by atoms with Crippen molar-refractivity contribution in [2.75, 3.05) is 64.4 Å². The summed E-state index contributed by atoms with van der Waals surface area (Å²) in [6.45, 7) is 7.26. The minimum atomic E-state index is -1.40. The van der Waals surface area contributed by atoms with Crippen molar-refractivity contribution in [3.05, 3.63) is 88.7 Å². The number of aromatic nitrogens is 2. The molecule has 0 aliphatic carbocycles. The third-order valence-corrected chi connectivity index (χ3v) is 12.0. The topological polar surface area (TPSA) is 286 Å². The molecule has 0 saturated carbocycles. The maximum atomic E-state index is 14.8. The normalized spacial score (nSPS) is 17.6. The van der Waals surface area contributed by atoms with Crippen LogP contribution in [-0.2, 0) is 25.6 Å². The van der Waals surface area contributed by atoms with Gasteiger partial charge in [0.15, 0.2) is 5.82 Å². The van der Waals surface area contributed by atoms with Crippen LogP contribution in [0.4, 0.5) is 5.69 Å². The van der Waals surface area contributed by atoms with Crippen molar-refractivity contribution in [3.63, 3.8) is 0 Å². The number of carbonyl (C=O) groups is 5. The molecule has 19 nitrogen and oxygen atoms in total. The highest BCUT2D eigenvalue weighted by molar-refractivity contribution is 6.00. The van der Waals surface area contributed by atoms with E-state index in [4.69, 9.17) is 36.6 Å². The van der Waals surface area contributed by atoms with Crippen molar-refractivity contribution >= 4 is 35.2 Å². The molecular weight excluding hydrogens is 869 g/mol. The number of nitrogens with one attached hydrogen (secondary N) is 4. The molecule has 0 spiro atoms. The number of hydrogen-bond acceptors (Lipinski definition) is 14. The van der Waals surface area contributed by atoms with Crippen LogP contribution >= 0.6 is 0 Å². The molecule has 1 fully saturated rings. The summed E-state index contributed by atoms with van der Waals surface area (Å²) in [6, 6.07) is 15.1. The largest absolute Gasteiger partial charge is 0.492 e. The van der Waals surface area contributed by atoms with E-state index in [0.29, 0.717) is 51.0 Å². The summed E-state index contributed by atoms with van der Waals surface area (Å²) in [5, 5.41) is 20.0. The fraction of sp³-hybridized carbons (Fsp3) is 0.429. The van der Waals surface area contributed by atoms with Crippen LogP contribution in [0.2, 0.25) is 0 Å². The lowest BCUT2D eigenvalue weighted by Crippen LogP contribution is -2.56. The second-order valence-corrected chi connectivity index (χ2v) is 16.9. The number of piperidine rings is 1. The van der Waals surface area contributed by atoms with Crippen LogP contribution in [0.1, 0.15) is 71.5 Å². The summed E-state index contributed by atoms with van der Waals surface area (Å²) in [7, 11) is 1.42. The van der Waals surface area contributed by atoms with Crippen molar-refractivity contribution in [3.8, 4) is 40.1 Å². The van der Waals surface area contributed by atoms with Gasteiger partial charge in [0, 0.05) is 62.0 Å². The zero-order valence-electron chi connectivity index (χ0n) is 39.1. The minimum Gasteiger partial charge on any atom is -0.492 e. The third-order valence-electron chi connectivity index (χ3n) is 12.0. The minimum absolute atomic E-state index is 0.00176. The summed E-state index contributed by atoms with van der Waals surface area (Å²) in [5.74, 6) is -2.09. The van der Waals surface area contributed by atoms with E-state index in [9.17, 15) is 29.2 Å². The average Bonchev–Trinajstić information content (AvgIpc) is 3.33. The van der Waals surface area contributed by atoms with E-state index in [-0.39, 0.29) is 57.8 Å². The van der Waals surface area contributed by atoms with E-state index in [0.717, 1.165) is 37.2 Å². The Hall–Kier alpha value is -7.14. The Morgan fingerprint density at radius 2 is 1.50 bits per heavy atom. The van der Waals surface area contributed by atoms with Gasteiger partial charge in [0.05, 0.1) is 23.0 Å². The Morgan fingerprint density at radius 3 is 2.12 bits per heavy atom. The van der Waals surface area contributed by atoms with Crippen LogP contribution in [0.5, 0.6) is 11.5 Å². The molecule has 4 aromatic rings. The zero-order chi connectivity index (χ0) is 48.9. The van der Waals surface area contributed by atoms with Crippen molar-refractivity contribution in [1.82, 2.24) is 36.1 Å². The first-order valence-electron chi connectivity index (χ1n) is 22.9. The molecule has 2 aliphatic heterocycles. The second-order valence-electron chi connectivity index (χ2n) is 16.9. The first-order valence-corrected chi connectivity index (χ1v) is 22.9. The van der Waals surface area contributed by atoms with Gasteiger partial charge in [-0.3, -0.25) is 24.0 Å². The lowest BCUT2D eigenvalue weighted by Gasteiger charge is -2.32. The number of rotatable bonds is 16. The molecule has 19 heteroatoms. The fourth-order valence-corrected chi connectivity index (χ4v) is 8.51. The lowest BCUT2D eigenvalue weighted by atomic mass is 9.93. The number of aryl methyl sites for hydroxylation is 2. The number of fused-ring (bicyclic) bond motifs is 5. The van der Waals surface area contributed by atoms with Gasteiger partial charge in [-0.2, -0.15) is 5.26 Å². The molecule has 2 aliphatic rings. The van der Waals surface area contributed by atoms with Crippen LogP contribution in [0.25, 0.3) is 22.5 Å². The summed E-state index contributed by atoms with van der Waals surface area (Å²) in [5.41, 5.74) is 22.6. The summed E-state index contributed by atoms with van der Waals surface area (Å²) in [4.78, 5) is 83.6. The Balaban J connectivity index is 1.36. The van der Waals surface area contributed by atoms with Crippen molar-refractivity contribution in [2.45, 2.75) is 77.0 Å². The first kappa shape index (κ1) is 50.3. The van der Waals surface area contributed by atoms with Gasteiger partial charge in [-0.1, -0.05) is 12.1 Å². The molecule has 0 radical (unpaired) electrons. The van der Waals surface area contributed by atoms with Gasteiger partial charge in [0.25, 0.3) is 5.91 Å². The van der Waals surface area contributed by atoms with Gasteiger partial charge in [0.1, 0.15) is 55.4 Å². The van der Waals surface area contributed by atoms with E-state index >= 15 is 0 Å². The predicted molar refractivity (Wildman–Crippen MR) is 256 cm³/mol.